The summed E-state index contributed by atoms with van der Waals surface area (Å²) in [6.07, 6.45) is 1.30. The SMILES string of the molecule is COc1c(NN)ncnc1Nc1ccc(Cl)c(F)c1. The van der Waals surface area contributed by atoms with Crippen molar-refractivity contribution >= 4 is 28.9 Å². The van der Waals surface area contributed by atoms with Crippen LogP contribution < -0.4 is 21.3 Å². The molecule has 0 fully saturated rings. The zero-order chi connectivity index (χ0) is 13.8. The van der Waals surface area contributed by atoms with E-state index in [2.05, 4.69) is 20.7 Å². The first-order valence-electron chi connectivity index (χ1n) is 5.23. The maximum atomic E-state index is 13.3. The fourth-order valence-electron chi connectivity index (χ4n) is 1.47. The normalized spacial score (nSPS) is 10.1. The van der Waals surface area contributed by atoms with E-state index in [9.17, 15) is 4.39 Å². The highest BCUT2D eigenvalue weighted by molar-refractivity contribution is 6.30. The Bertz CT molecular complexity index is 595. The van der Waals surface area contributed by atoms with Crippen molar-refractivity contribution in [2.24, 2.45) is 5.84 Å². The summed E-state index contributed by atoms with van der Waals surface area (Å²) >= 11 is 5.61. The summed E-state index contributed by atoms with van der Waals surface area (Å²) in [5, 5.41) is 2.94. The molecule has 0 unspecified atom stereocenters. The van der Waals surface area contributed by atoms with Gasteiger partial charge in [-0.25, -0.2) is 20.2 Å². The third-order valence-electron chi connectivity index (χ3n) is 2.33. The third kappa shape index (κ3) is 2.83. The van der Waals surface area contributed by atoms with Crippen LogP contribution in [-0.2, 0) is 0 Å². The molecule has 0 aliphatic heterocycles. The first kappa shape index (κ1) is 13.3. The summed E-state index contributed by atoms with van der Waals surface area (Å²) in [7, 11) is 1.45. The van der Waals surface area contributed by atoms with Crippen LogP contribution in [-0.4, -0.2) is 17.1 Å². The van der Waals surface area contributed by atoms with Crippen molar-refractivity contribution in [1.82, 2.24) is 9.97 Å². The van der Waals surface area contributed by atoms with E-state index in [1.807, 2.05) is 0 Å². The minimum absolute atomic E-state index is 0.0458. The van der Waals surface area contributed by atoms with Gasteiger partial charge in [0.15, 0.2) is 11.6 Å². The van der Waals surface area contributed by atoms with Gasteiger partial charge >= 0.3 is 0 Å². The van der Waals surface area contributed by atoms with Crippen LogP contribution in [0.1, 0.15) is 0 Å². The van der Waals surface area contributed by atoms with Crippen molar-refractivity contribution in [2.45, 2.75) is 0 Å². The Morgan fingerprint density at radius 3 is 2.68 bits per heavy atom. The number of aromatic nitrogens is 2. The molecule has 0 aliphatic carbocycles. The summed E-state index contributed by atoms with van der Waals surface area (Å²) < 4.78 is 18.5. The molecule has 1 aromatic carbocycles. The lowest BCUT2D eigenvalue weighted by Gasteiger charge is -2.12. The van der Waals surface area contributed by atoms with Gasteiger partial charge in [-0.1, -0.05) is 11.6 Å². The van der Waals surface area contributed by atoms with Gasteiger partial charge in [-0.15, -0.1) is 0 Å². The molecule has 0 spiro atoms. The second kappa shape index (κ2) is 5.68. The molecule has 0 atom stereocenters. The van der Waals surface area contributed by atoms with Crippen LogP contribution >= 0.6 is 11.6 Å². The monoisotopic (exact) mass is 283 g/mol. The highest BCUT2D eigenvalue weighted by atomic mass is 35.5. The minimum Gasteiger partial charge on any atom is -0.490 e. The molecule has 0 bridgehead atoms. The van der Waals surface area contributed by atoms with Crippen LogP contribution in [0.25, 0.3) is 0 Å². The van der Waals surface area contributed by atoms with E-state index in [-0.39, 0.29) is 5.02 Å². The highest BCUT2D eigenvalue weighted by Gasteiger charge is 2.12. The molecule has 1 aromatic heterocycles. The Kier molecular flexibility index (Phi) is 3.98. The van der Waals surface area contributed by atoms with E-state index in [0.717, 1.165) is 0 Å². The second-order valence-corrected chi connectivity index (χ2v) is 3.91. The third-order valence-corrected chi connectivity index (χ3v) is 2.63. The Morgan fingerprint density at radius 1 is 1.32 bits per heavy atom. The van der Waals surface area contributed by atoms with E-state index in [1.165, 1.54) is 25.6 Å². The molecule has 100 valence electrons. The predicted molar refractivity (Wildman–Crippen MR) is 71.1 cm³/mol. The van der Waals surface area contributed by atoms with Crippen molar-refractivity contribution < 1.29 is 9.13 Å². The summed E-state index contributed by atoms with van der Waals surface area (Å²) in [6, 6.07) is 4.30. The van der Waals surface area contributed by atoms with Crippen molar-refractivity contribution in [2.75, 3.05) is 17.9 Å². The number of hydrogen-bond acceptors (Lipinski definition) is 6. The van der Waals surface area contributed by atoms with E-state index in [1.54, 1.807) is 6.07 Å². The van der Waals surface area contributed by atoms with E-state index in [4.69, 9.17) is 22.2 Å². The number of rotatable bonds is 4. The lowest BCUT2D eigenvalue weighted by atomic mass is 10.3. The zero-order valence-corrected chi connectivity index (χ0v) is 10.7. The molecule has 4 N–H and O–H groups in total. The molecule has 19 heavy (non-hydrogen) atoms. The molecular weight excluding hydrogens is 273 g/mol. The maximum Gasteiger partial charge on any atom is 0.205 e. The van der Waals surface area contributed by atoms with Crippen LogP contribution in [0.4, 0.5) is 21.7 Å². The quantitative estimate of drug-likeness (QED) is 0.590. The minimum atomic E-state index is -0.531. The second-order valence-electron chi connectivity index (χ2n) is 3.50. The molecule has 0 saturated carbocycles. The van der Waals surface area contributed by atoms with Crippen LogP contribution in [0.15, 0.2) is 24.5 Å². The van der Waals surface area contributed by atoms with Gasteiger partial charge in [-0.3, -0.25) is 0 Å². The van der Waals surface area contributed by atoms with Crippen LogP contribution in [0, 0.1) is 5.82 Å². The van der Waals surface area contributed by atoms with Gasteiger partial charge in [-0.05, 0) is 18.2 Å². The lowest BCUT2D eigenvalue weighted by Crippen LogP contribution is -2.11. The summed E-state index contributed by atoms with van der Waals surface area (Å²) in [5.74, 6) is 5.76. The van der Waals surface area contributed by atoms with Crippen molar-refractivity contribution in [3.05, 3.63) is 35.4 Å². The average molecular weight is 284 g/mol. The van der Waals surface area contributed by atoms with Crippen LogP contribution in [0.3, 0.4) is 0 Å². The molecular formula is C11H11ClFN5O. The van der Waals surface area contributed by atoms with E-state index >= 15 is 0 Å². The molecule has 0 radical (unpaired) electrons. The first-order valence-corrected chi connectivity index (χ1v) is 5.61. The Morgan fingerprint density at radius 2 is 2.05 bits per heavy atom. The standard InChI is InChI=1S/C11H11ClFN5O/c1-19-9-10(15-5-16-11(9)18-14)17-6-2-3-7(12)8(13)4-6/h2-5H,14H2,1H3,(H2,15,16,17,18). The van der Waals surface area contributed by atoms with Crippen LogP contribution in [0.2, 0.25) is 5.02 Å². The number of methoxy groups -OCH3 is 1. The summed E-state index contributed by atoms with van der Waals surface area (Å²) in [4.78, 5) is 7.90. The number of anilines is 3. The van der Waals surface area contributed by atoms with Gasteiger partial charge in [0.25, 0.3) is 0 Å². The molecule has 8 heteroatoms. The predicted octanol–water partition coefficient (Wildman–Crippen LogP) is 2.31. The van der Waals surface area contributed by atoms with Gasteiger partial charge in [0.1, 0.15) is 12.1 Å². The van der Waals surface area contributed by atoms with Crippen molar-refractivity contribution in [3.63, 3.8) is 0 Å². The van der Waals surface area contributed by atoms with Gasteiger partial charge < -0.3 is 15.5 Å². The maximum absolute atomic E-state index is 13.3. The lowest BCUT2D eigenvalue weighted by molar-refractivity contribution is 0.415. The number of nitrogens with one attached hydrogen (secondary N) is 2. The largest absolute Gasteiger partial charge is 0.490 e. The fourth-order valence-corrected chi connectivity index (χ4v) is 1.59. The summed E-state index contributed by atoms with van der Waals surface area (Å²) in [6.45, 7) is 0. The Hall–Kier alpha value is -2.12. The molecule has 0 amide bonds. The number of hydrogen-bond donors (Lipinski definition) is 3. The number of ether oxygens (including phenoxy) is 1. The zero-order valence-electron chi connectivity index (χ0n) is 9.95. The van der Waals surface area contributed by atoms with Gasteiger partial charge in [0, 0.05) is 5.69 Å². The number of nitrogens with two attached hydrogens (primary N) is 1. The van der Waals surface area contributed by atoms with E-state index < -0.39 is 5.82 Å². The van der Waals surface area contributed by atoms with Gasteiger partial charge in [0.2, 0.25) is 5.75 Å². The van der Waals surface area contributed by atoms with Crippen LogP contribution in [0.5, 0.6) is 5.75 Å². The average Bonchev–Trinajstić information content (AvgIpc) is 2.42. The number of nitrogens with zero attached hydrogens (tertiary/aromatic N) is 2. The smallest absolute Gasteiger partial charge is 0.205 e. The number of nitrogen functional groups attached to an aromatic ring is 1. The molecule has 2 rings (SSSR count). The van der Waals surface area contributed by atoms with Gasteiger partial charge in [0.05, 0.1) is 12.1 Å². The molecule has 6 nitrogen and oxygen atoms in total. The molecule has 0 aliphatic rings. The summed E-state index contributed by atoms with van der Waals surface area (Å²) in [5.41, 5.74) is 2.86. The Balaban J connectivity index is 2.35. The Labute approximate surface area is 113 Å². The molecule has 1 heterocycles. The number of hydrazine groups is 1. The van der Waals surface area contributed by atoms with E-state index in [0.29, 0.717) is 23.1 Å². The number of halogens is 2. The number of benzene rings is 1. The first-order chi connectivity index (χ1) is 9.15. The molecule has 0 saturated heterocycles. The van der Waals surface area contributed by atoms with Gasteiger partial charge in [-0.2, -0.15) is 0 Å². The van der Waals surface area contributed by atoms with Crippen molar-refractivity contribution in [3.8, 4) is 5.75 Å². The van der Waals surface area contributed by atoms with Crippen molar-refractivity contribution in [1.29, 1.82) is 0 Å². The fraction of sp³-hybridized carbons (Fsp3) is 0.0909. The molecule has 2 aromatic rings. The topological polar surface area (TPSA) is 85.1 Å². The highest BCUT2D eigenvalue weighted by Crippen LogP contribution is 2.31.